The minimum atomic E-state index is -5.84. The summed E-state index contributed by atoms with van der Waals surface area (Å²) in [6.45, 7) is 16.4. The second-order valence-electron chi connectivity index (χ2n) is 4.61. The van der Waals surface area contributed by atoms with Crippen molar-refractivity contribution in [3.63, 3.8) is 0 Å². The fourth-order valence-electron chi connectivity index (χ4n) is 1.41. The van der Waals surface area contributed by atoms with Crippen molar-refractivity contribution in [2.75, 3.05) is 0 Å². The van der Waals surface area contributed by atoms with Gasteiger partial charge in [-0.15, -0.1) is 0 Å². The largest absolute Gasteiger partial charge is 2.00 e. The van der Waals surface area contributed by atoms with Crippen molar-refractivity contribution in [2.45, 2.75) is 47.1 Å². The van der Waals surface area contributed by atoms with Crippen LogP contribution in [0.2, 0.25) is 0 Å². The molecule has 0 aromatic carbocycles. The van der Waals surface area contributed by atoms with Crippen LogP contribution in [0.1, 0.15) is 41.5 Å². The van der Waals surface area contributed by atoms with Crippen LogP contribution >= 0.6 is 0 Å². The van der Waals surface area contributed by atoms with Gasteiger partial charge in [-0.05, 0) is 49.4 Å². The Hall–Kier alpha value is 0.206. The Kier molecular flexibility index (Phi) is 14.3. The first kappa shape index (κ1) is 28.0. The average molecular weight is 399 g/mol. The van der Waals surface area contributed by atoms with Crippen LogP contribution in [0.4, 0.5) is 13.2 Å². The zero-order chi connectivity index (χ0) is 18.3. The molecule has 135 valence electrons. The van der Waals surface area contributed by atoms with E-state index in [1.54, 1.807) is 6.42 Å². The van der Waals surface area contributed by atoms with Gasteiger partial charge in [0.1, 0.15) is 0 Å². The molecular formula is C15H23CoF3O3S+2. The number of halogens is 3. The molecule has 0 saturated heterocycles. The Labute approximate surface area is 149 Å². The van der Waals surface area contributed by atoms with E-state index >= 15 is 0 Å². The van der Waals surface area contributed by atoms with Gasteiger partial charge in [-0.2, -0.15) is 21.6 Å². The van der Waals surface area contributed by atoms with E-state index in [9.17, 15) is 13.2 Å². The molecular weight excluding hydrogens is 376 g/mol. The van der Waals surface area contributed by atoms with Gasteiger partial charge in [-0.25, -0.2) is 0 Å². The van der Waals surface area contributed by atoms with Crippen molar-refractivity contribution in [2.24, 2.45) is 0 Å². The van der Waals surface area contributed by atoms with Gasteiger partial charge >= 0.3 is 32.4 Å². The van der Waals surface area contributed by atoms with Crippen LogP contribution in [0.5, 0.6) is 0 Å². The predicted octanol–water partition coefficient (Wildman–Crippen LogP) is 4.61. The molecule has 0 aliphatic heterocycles. The number of hydrogen-bond acceptors (Lipinski definition) is 2. The molecule has 0 spiro atoms. The van der Waals surface area contributed by atoms with Crippen LogP contribution in [0.15, 0.2) is 0 Å². The van der Waals surface area contributed by atoms with Crippen molar-refractivity contribution in [1.29, 1.82) is 0 Å². The van der Waals surface area contributed by atoms with E-state index in [0.717, 1.165) is 0 Å². The van der Waals surface area contributed by atoms with Crippen molar-refractivity contribution in [3.05, 3.63) is 49.4 Å². The van der Waals surface area contributed by atoms with E-state index in [0.29, 0.717) is 0 Å². The summed E-state index contributed by atoms with van der Waals surface area (Å²) in [6, 6.07) is 0. The standard InChI is InChI=1S/C10H15.C4H7.CHF3O3S.Co/c1-6-7(2)9(4)10(5)8(6)3;1-3-4-2;2-1(3,4)8(5,6)7;/h1-5H3;3-4H,1H2,2H3;(H,5,6,7);/q;;;+2. The Bertz CT molecular complexity index is 352. The maximum absolute atomic E-state index is 10.7. The van der Waals surface area contributed by atoms with Crippen LogP contribution in [-0.2, 0) is 26.9 Å². The molecule has 1 aliphatic carbocycles. The Balaban J connectivity index is -0.000000279. The quantitative estimate of drug-likeness (QED) is 0.518. The molecule has 0 aromatic heterocycles. The molecule has 3 nitrogen and oxygen atoms in total. The molecule has 1 rings (SSSR count). The first-order valence-electron chi connectivity index (χ1n) is 6.36. The van der Waals surface area contributed by atoms with Crippen LogP contribution in [0.3, 0.4) is 0 Å². The third-order valence-electron chi connectivity index (χ3n) is 3.34. The molecule has 0 unspecified atom stereocenters. The second-order valence-corrected chi connectivity index (χ2v) is 6.03. The first-order chi connectivity index (χ1) is 9.72. The zero-order valence-corrected chi connectivity index (χ0v) is 15.9. The Morgan fingerprint density at radius 2 is 1.04 bits per heavy atom. The molecule has 23 heavy (non-hydrogen) atoms. The topological polar surface area (TPSA) is 54.4 Å². The number of unbranched alkanes of at least 4 members (excludes halogenated alkanes) is 1. The van der Waals surface area contributed by atoms with Gasteiger partial charge in [-0.3, -0.25) is 4.55 Å². The summed E-state index contributed by atoms with van der Waals surface area (Å²) in [7, 11) is -5.84. The second kappa shape index (κ2) is 11.7. The molecule has 0 amide bonds. The van der Waals surface area contributed by atoms with Crippen LogP contribution in [0.25, 0.3) is 0 Å². The smallest absolute Gasteiger partial charge is 0.279 e. The minimum absolute atomic E-state index is 0. The van der Waals surface area contributed by atoms with E-state index in [2.05, 4.69) is 41.5 Å². The Morgan fingerprint density at radius 3 is 1.09 bits per heavy atom. The van der Waals surface area contributed by atoms with E-state index in [1.807, 2.05) is 13.3 Å². The summed E-state index contributed by atoms with van der Waals surface area (Å²) in [4.78, 5) is 0. The molecule has 1 saturated carbocycles. The molecule has 0 atom stereocenters. The third kappa shape index (κ3) is 9.94. The fraction of sp³-hybridized carbons (Fsp3) is 0.467. The van der Waals surface area contributed by atoms with Gasteiger partial charge in [0.25, 0.3) is 0 Å². The molecule has 1 fully saturated rings. The van der Waals surface area contributed by atoms with Gasteiger partial charge in [0, 0.05) is 0 Å². The van der Waals surface area contributed by atoms with Crippen molar-refractivity contribution in [3.8, 4) is 0 Å². The number of hydrogen-bond donors (Lipinski definition) is 1. The fourth-order valence-corrected chi connectivity index (χ4v) is 1.41. The molecule has 0 bridgehead atoms. The zero-order valence-electron chi connectivity index (χ0n) is 14.0. The van der Waals surface area contributed by atoms with Gasteiger partial charge < -0.3 is 0 Å². The normalized spacial score (nSPS) is 18.6. The minimum Gasteiger partial charge on any atom is -0.279 e. The summed E-state index contributed by atoms with van der Waals surface area (Å²) < 4.78 is 57.5. The molecule has 0 aromatic rings. The third-order valence-corrected chi connectivity index (χ3v) is 3.93. The molecule has 9 radical (unpaired) electrons. The summed E-state index contributed by atoms with van der Waals surface area (Å²) in [6.07, 6.45) is 3.64. The molecule has 1 N–H and O–H groups in total. The summed E-state index contributed by atoms with van der Waals surface area (Å²) >= 11 is 0. The Morgan fingerprint density at radius 1 is 0.913 bits per heavy atom. The summed E-state index contributed by atoms with van der Waals surface area (Å²) in [5, 5.41) is 0. The maximum atomic E-state index is 10.7. The summed E-state index contributed by atoms with van der Waals surface area (Å²) in [5.74, 6) is 7.34. The predicted molar refractivity (Wildman–Crippen MR) is 81.8 cm³/mol. The van der Waals surface area contributed by atoms with Crippen LogP contribution < -0.4 is 0 Å². The van der Waals surface area contributed by atoms with Crippen molar-refractivity contribution in [1.82, 2.24) is 0 Å². The van der Waals surface area contributed by atoms with Crippen LogP contribution in [0, 0.1) is 49.4 Å². The van der Waals surface area contributed by atoms with E-state index in [1.165, 1.54) is 29.6 Å². The first-order valence-corrected chi connectivity index (χ1v) is 7.80. The SMILES string of the molecule is C[C]1[C](C)[C](C)[C](C)[C]1C.O=S(=O)(O)C(F)(F)F.[CH2][CH][CH]C.[Co+2]. The van der Waals surface area contributed by atoms with E-state index < -0.39 is 15.6 Å². The molecule has 1 aliphatic rings. The van der Waals surface area contributed by atoms with Gasteiger partial charge in [-0.1, -0.05) is 41.5 Å². The van der Waals surface area contributed by atoms with E-state index in [4.69, 9.17) is 13.0 Å². The van der Waals surface area contributed by atoms with Crippen molar-refractivity contribution < 1.29 is 42.9 Å². The average Bonchev–Trinajstić information content (AvgIpc) is 2.56. The van der Waals surface area contributed by atoms with Gasteiger partial charge in [0.2, 0.25) is 0 Å². The molecule has 0 heterocycles. The monoisotopic (exact) mass is 399 g/mol. The number of alkyl halides is 3. The molecule has 8 heteroatoms. The van der Waals surface area contributed by atoms with Crippen LogP contribution in [-0.4, -0.2) is 18.5 Å². The summed E-state index contributed by atoms with van der Waals surface area (Å²) in [5.41, 5.74) is -5.53. The number of rotatable bonds is 1. The van der Waals surface area contributed by atoms with E-state index in [-0.39, 0.29) is 16.8 Å². The van der Waals surface area contributed by atoms with Gasteiger partial charge in [0.05, 0.1) is 0 Å². The van der Waals surface area contributed by atoms with Gasteiger partial charge in [0.15, 0.2) is 0 Å². The maximum Gasteiger partial charge on any atom is 2.00 e. The van der Waals surface area contributed by atoms with Crippen molar-refractivity contribution >= 4 is 10.1 Å².